The van der Waals surface area contributed by atoms with Crippen LogP contribution in [0.4, 0.5) is 11.5 Å². The number of nitrogens with one attached hydrogen (secondary N) is 1. The molecule has 1 saturated heterocycles. The largest absolute Gasteiger partial charge is 0.367 e. The van der Waals surface area contributed by atoms with Crippen LogP contribution in [-0.4, -0.2) is 57.9 Å². The van der Waals surface area contributed by atoms with Gasteiger partial charge >= 0.3 is 0 Å². The standard InChI is InChI=1S/C24H29N7S/c1-29(2)15-21-27-23(22-20(16-32-24(22)28-21)17-8-5-4-6-9-17)26-18-10-7-11-31(13-18)19-12-25-30(3)14-19/h4-6,8-9,12,14,16,18H,7,10-11,13,15H2,1-3H3,(H,26,27,28). The minimum atomic E-state index is 0.317. The lowest BCUT2D eigenvalue weighted by atomic mass is 10.0. The van der Waals surface area contributed by atoms with Gasteiger partial charge in [-0.2, -0.15) is 5.10 Å². The molecule has 0 aliphatic carbocycles. The fourth-order valence-electron chi connectivity index (χ4n) is 4.37. The van der Waals surface area contributed by atoms with Crippen molar-refractivity contribution in [3.05, 3.63) is 53.9 Å². The SMILES string of the molecule is CN(C)Cc1nc(NC2CCCN(c3cnn(C)c3)C2)c2c(-c3ccccc3)csc2n1. The number of aryl methyl sites for hydroxylation is 1. The molecule has 4 heterocycles. The summed E-state index contributed by atoms with van der Waals surface area (Å²) in [4.78, 5) is 15.5. The van der Waals surface area contributed by atoms with Crippen molar-refractivity contribution in [1.82, 2.24) is 24.6 Å². The van der Waals surface area contributed by atoms with Gasteiger partial charge in [-0.3, -0.25) is 4.68 Å². The van der Waals surface area contributed by atoms with Crippen molar-refractivity contribution in [2.24, 2.45) is 7.05 Å². The third kappa shape index (κ3) is 4.33. The van der Waals surface area contributed by atoms with Crippen LogP contribution < -0.4 is 10.2 Å². The molecule has 1 fully saturated rings. The second kappa shape index (κ2) is 8.88. The Morgan fingerprint density at radius 2 is 2.03 bits per heavy atom. The van der Waals surface area contributed by atoms with Crippen LogP contribution in [0.25, 0.3) is 21.3 Å². The molecule has 0 radical (unpaired) electrons. The molecule has 0 bridgehead atoms. The van der Waals surface area contributed by atoms with Gasteiger partial charge in [0.1, 0.15) is 16.5 Å². The Labute approximate surface area is 192 Å². The number of hydrogen-bond donors (Lipinski definition) is 1. The molecule has 8 heteroatoms. The summed E-state index contributed by atoms with van der Waals surface area (Å²) in [6.45, 7) is 2.71. The zero-order valence-corrected chi connectivity index (χ0v) is 19.6. The van der Waals surface area contributed by atoms with Gasteiger partial charge in [0.15, 0.2) is 0 Å². The molecule has 166 valence electrons. The van der Waals surface area contributed by atoms with E-state index >= 15 is 0 Å². The highest BCUT2D eigenvalue weighted by atomic mass is 32.1. The van der Waals surface area contributed by atoms with Crippen LogP contribution in [0.1, 0.15) is 18.7 Å². The fourth-order valence-corrected chi connectivity index (χ4v) is 5.33. The van der Waals surface area contributed by atoms with E-state index in [0.29, 0.717) is 6.04 Å². The average Bonchev–Trinajstić information content (AvgIpc) is 3.41. The number of rotatable bonds is 6. The zero-order valence-electron chi connectivity index (χ0n) is 18.8. The van der Waals surface area contributed by atoms with E-state index in [1.54, 1.807) is 11.3 Å². The van der Waals surface area contributed by atoms with E-state index in [2.05, 4.69) is 76.2 Å². The summed E-state index contributed by atoms with van der Waals surface area (Å²) in [6, 6.07) is 10.9. The van der Waals surface area contributed by atoms with Crippen molar-refractivity contribution in [2.45, 2.75) is 25.4 Å². The van der Waals surface area contributed by atoms with Crippen molar-refractivity contribution >= 4 is 33.1 Å². The topological polar surface area (TPSA) is 62.1 Å². The first-order chi connectivity index (χ1) is 15.6. The second-order valence-corrected chi connectivity index (χ2v) is 9.58. The van der Waals surface area contributed by atoms with Gasteiger partial charge in [0.25, 0.3) is 0 Å². The van der Waals surface area contributed by atoms with E-state index in [4.69, 9.17) is 9.97 Å². The molecule has 1 N–H and O–H groups in total. The molecule has 7 nitrogen and oxygen atoms in total. The molecule has 0 saturated carbocycles. The second-order valence-electron chi connectivity index (χ2n) is 8.72. The van der Waals surface area contributed by atoms with Gasteiger partial charge in [-0.25, -0.2) is 9.97 Å². The predicted molar refractivity (Wildman–Crippen MR) is 132 cm³/mol. The smallest absolute Gasteiger partial charge is 0.146 e. The van der Waals surface area contributed by atoms with Gasteiger partial charge in [0.05, 0.1) is 23.8 Å². The summed E-state index contributed by atoms with van der Waals surface area (Å²) in [5.74, 6) is 1.80. The number of aromatic nitrogens is 4. The summed E-state index contributed by atoms with van der Waals surface area (Å²) < 4.78 is 1.87. The minimum absolute atomic E-state index is 0.317. The molecular weight excluding hydrogens is 418 g/mol. The third-order valence-electron chi connectivity index (χ3n) is 5.84. The Balaban J connectivity index is 1.50. The highest BCUT2D eigenvalue weighted by Gasteiger charge is 2.24. The van der Waals surface area contributed by atoms with Gasteiger partial charge in [-0.1, -0.05) is 30.3 Å². The van der Waals surface area contributed by atoms with E-state index in [9.17, 15) is 0 Å². The van der Waals surface area contributed by atoms with Crippen LogP contribution in [0.15, 0.2) is 48.1 Å². The van der Waals surface area contributed by atoms with Crippen molar-refractivity contribution in [2.75, 3.05) is 37.4 Å². The maximum Gasteiger partial charge on any atom is 0.146 e. The Hall–Kier alpha value is -2.97. The number of thiophene rings is 1. The first-order valence-electron chi connectivity index (χ1n) is 11.1. The van der Waals surface area contributed by atoms with Crippen molar-refractivity contribution in [1.29, 1.82) is 0 Å². The number of anilines is 2. The van der Waals surface area contributed by atoms with Crippen LogP contribution in [0.5, 0.6) is 0 Å². The Kier molecular flexibility index (Phi) is 5.80. The van der Waals surface area contributed by atoms with Gasteiger partial charge in [-0.05, 0) is 32.5 Å². The molecular formula is C24H29N7S. The van der Waals surface area contributed by atoms with Gasteiger partial charge < -0.3 is 15.1 Å². The van der Waals surface area contributed by atoms with Crippen LogP contribution in [0.3, 0.4) is 0 Å². The Bertz CT molecular complexity index is 1200. The summed E-state index contributed by atoms with van der Waals surface area (Å²) in [5, 5.41) is 11.5. The summed E-state index contributed by atoms with van der Waals surface area (Å²) in [5.41, 5.74) is 3.58. The average molecular weight is 448 g/mol. The molecule has 0 spiro atoms. The molecule has 1 aliphatic rings. The molecule has 5 rings (SSSR count). The lowest BCUT2D eigenvalue weighted by Gasteiger charge is -2.34. The first kappa shape index (κ1) is 20.9. The van der Waals surface area contributed by atoms with E-state index in [1.165, 1.54) is 16.8 Å². The van der Waals surface area contributed by atoms with E-state index in [0.717, 1.165) is 54.3 Å². The van der Waals surface area contributed by atoms with Crippen LogP contribution in [0.2, 0.25) is 0 Å². The van der Waals surface area contributed by atoms with Crippen molar-refractivity contribution in [3.8, 4) is 11.1 Å². The van der Waals surface area contributed by atoms with E-state index < -0.39 is 0 Å². The third-order valence-corrected chi connectivity index (χ3v) is 6.71. The lowest BCUT2D eigenvalue weighted by Crippen LogP contribution is -2.42. The molecule has 1 unspecified atom stereocenters. The number of hydrogen-bond acceptors (Lipinski definition) is 7. The summed E-state index contributed by atoms with van der Waals surface area (Å²) >= 11 is 1.70. The summed E-state index contributed by atoms with van der Waals surface area (Å²) in [7, 11) is 6.07. The number of piperidine rings is 1. The molecule has 1 aromatic carbocycles. The summed E-state index contributed by atoms with van der Waals surface area (Å²) in [6.07, 6.45) is 6.30. The quantitative estimate of drug-likeness (QED) is 0.477. The normalized spacial score (nSPS) is 16.8. The molecule has 4 aromatic rings. The fraction of sp³-hybridized carbons (Fsp3) is 0.375. The van der Waals surface area contributed by atoms with Crippen molar-refractivity contribution < 1.29 is 0 Å². The number of nitrogens with zero attached hydrogens (tertiary/aromatic N) is 6. The molecule has 3 aromatic heterocycles. The van der Waals surface area contributed by atoms with E-state index in [1.807, 2.05) is 17.9 Å². The monoisotopic (exact) mass is 447 g/mol. The van der Waals surface area contributed by atoms with Gasteiger partial charge in [0, 0.05) is 43.3 Å². The first-order valence-corrected chi connectivity index (χ1v) is 11.9. The maximum absolute atomic E-state index is 5.00. The Morgan fingerprint density at radius 3 is 2.78 bits per heavy atom. The van der Waals surface area contributed by atoms with Crippen LogP contribution >= 0.6 is 11.3 Å². The molecule has 32 heavy (non-hydrogen) atoms. The maximum atomic E-state index is 5.00. The van der Waals surface area contributed by atoms with Gasteiger partial charge in [0.2, 0.25) is 0 Å². The minimum Gasteiger partial charge on any atom is -0.367 e. The highest BCUT2D eigenvalue weighted by Crippen LogP contribution is 2.37. The molecule has 0 amide bonds. The van der Waals surface area contributed by atoms with Crippen molar-refractivity contribution in [3.63, 3.8) is 0 Å². The molecule has 1 aliphatic heterocycles. The highest BCUT2D eigenvalue weighted by molar-refractivity contribution is 7.17. The van der Waals surface area contributed by atoms with Gasteiger partial charge in [-0.15, -0.1) is 11.3 Å². The van der Waals surface area contributed by atoms with Crippen LogP contribution in [0, 0.1) is 0 Å². The Morgan fingerprint density at radius 1 is 1.19 bits per heavy atom. The number of benzene rings is 1. The zero-order chi connectivity index (χ0) is 22.1. The van der Waals surface area contributed by atoms with E-state index in [-0.39, 0.29) is 0 Å². The lowest BCUT2D eigenvalue weighted by molar-refractivity contribution is 0.391. The van der Waals surface area contributed by atoms with Crippen LogP contribution in [-0.2, 0) is 13.6 Å². The number of fused-ring (bicyclic) bond motifs is 1. The molecule has 1 atom stereocenters. The predicted octanol–water partition coefficient (Wildman–Crippen LogP) is 4.23.